The molecule has 4 aromatic rings. The van der Waals surface area contributed by atoms with Crippen LogP contribution < -0.4 is 15.8 Å². The standard InChI is InChI=1S/C29H29N3O3S/c1-16(2)35-19-11-9-18(10-12-19)24-15-22(20-6-4-5-7-23(20)31-24)28(34)32-29-26(27(30)33)21-13-8-17(3)14-25(21)36-29/h4-7,9-12,15-17H,8,13-14H2,1-3H3,(H2,30,33)(H,32,34)/t17-/m0/s1. The summed E-state index contributed by atoms with van der Waals surface area (Å²) in [6, 6.07) is 17.1. The third-order valence-corrected chi connectivity index (χ3v) is 7.64. The predicted molar refractivity (Wildman–Crippen MR) is 145 cm³/mol. The number of para-hydroxylation sites is 1. The van der Waals surface area contributed by atoms with E-state index in [1.807, 2.05) is 62.4 Å². The van der Waals surface area contributed by atoms with Crippen molar-refractivity contribution in [3.63, 3.8) is 0 Å². The molecule has 1 aliphatic carbocycles. The summed E-state index contributed by atoms with van der Waals surface area (Å²) in [4.78, 5) is 31.9. The minimum atomic E-state index is -0.499. The molecule has 2 heterocycles. The van der Waals surface area contributed by atoms with Gasteiger partial charge in [-0.2, -0.15) is 0 Å². The van der Waals surface area contributed by atoms with E-state index < -0.39 is 5.91 Å². The minimum absolute atomic E-state index is 0.0846. The Labute approximate surface area is 214 Å². The quantitative estimate of drug-likeness (QED) is 0.329. The topological polar surface area (TPSA) is 94.3 Å². The van der Waals surface area contributed by atoms with E-state index in [1.165, 1.54) is 11.3 Å². The molecule has 184 valence electrons. The fourth-order valence-corrected chi connectivity index (χ4v) is 6.17. The van der Waals surface area contributed by atoms with E-state index in [-0.39, 0.29) is 12.0 Å². The second-order valence-corrected chi connectivity index (χ2v) is 10.7. The minimum Gasteiger partial charge on any atom is -0.491 e. The molecule has 2 aromatic heterocycles. The summed E-state index contributed by atoms with van der Waals surface area (Å²) in [7, 11) is 0. The largest absolute Gasteiger partial charge is 0.491 e. The number of carbonyl (C=O) groups excluding carboxylic acids is 2. The van der Waals surface area contributed by atoms with Gasteiger partial charge < -0.3 is 15.8 Å². The number of ether oxygens (including phenoxy) is 1. The highest BCUT2D eigenvalue weighted by Crippen LogP contribution is 2.40. The summed E-state index contributed by atoms with van der Waals surface area (Å²) in [5.74, 6) is 0.539. The first-order valence-corrected chi connectivity index (χ1v) is 13.0. The van der Waals surface area contributed by atoms with Crippen LogP contribution in [0.5, 0.6) is 5.75 Å². The highest BCUT2D eigenvalue weighted by atomic mass is 32.1. The summed E-state index contributed by atoms with van der Waals surface area (Å²) in [5, 5.41) is 4.29. The number of hydrogen-bond acceptors (Lipinski definition) is 5. The van der Waals surface area contributed by atoms with Crippen LogP contribution in [0, 0.1) is 5.92 Å². The monoisotopic (exact) mass is 499 g/mol. The second kappa shape index (κ2) is 9.74. The van der Waals surface area contributed by atoms with Gasteiger partial charge in [-0.3, -0.25) is 9.59 Å². The van der Waals surface area contributed by atoms with Gasteiger partial charge in [-0.15, -0.1) is 11.3 Å². The van der Waals surface area contributed by atoms with E-state index in [4.69, 9.17) is 15.5 Å². The smallest absolute Gasteiger partial charge is 0.257 e. The number of nitrogens with two attached hydrogens (primary N) is 1. The maximum Gasteiger partial charge on any atom is 0.257 e. The van der Waals surface area contributed by atoms with Crippen LogP contribution in [0.2, 0.25) is 0 Å². The highest BCUT2D eigenvalue weighted by molar-refractivity contribution is 7.17. The number of thiophene rings is 1. The Hall–Kier alpha value is -3.71. The van der Waals surface area contributed by atoms with E-state index in [0.29, 0.717) is 27.7 Å². The first-order chi connectivity index (χ1) is 17.3. The first kappa shape index (κ1) is 24.0. The number of rotatable bonds is 6. The van der Waals surface area contributed by atoms with E-state index >= 15 is 0 Å². The molecule has 5 rings (SSSR count). The zero-order valence-electron chi connectivity index (χ0n) is 20.6. The van der Waals surface area contributed by atoms with Gasteiger partial charge in [-0.25, -0.2) is 4.98 Å². The third kappa shape index (κ3) is 4.71. The fourth-order valence-electron chi connectivity index (χ4n) is 4.76. The number of nitrogens with one attached hydrogen (secondary N) is 1. The van der Waals surface area contributed by atoms with Crippen LogP contribution in [0.3, 0.4) is 0 Å². The molecule has 0 unspecified atom stereocenters. The number of aromatic nitrogens is 1. The van der Waals surface area contributed by atoms with E-state index in [2.05, 4.69) is 12.2 Å². The molecule has 3 N–H and O–H groups in total. The number of hydrogen-bond donors (Lipinski definition) is 2. The molecule has 0 saturated carbocycles. The van der Waals surface area contributed by atoms with Crippen molar-refractivity contribution in [1.82, 2.24) is 4.98 Å². The van der Waals surface area contributed by atoms with Gasteiger partial charge in [0.15, 0.2) is 0 Å². The van der Waals surface area contributed by atoms with Gasteiger partial charge in [0.05, 0.1) is 28.4 Å². The molecule has 2 aromatic carbocycles. The lowest BCUT2D eigenvalue weighted by molar-refractivity contribution is 0.1000. The van der Waals surface area contributed by atoms with Crippen molar-refractivity contribution in [3.8, 4) is 17.0 Å². The maximum absolute atomic E-state index is 13.6. The number of nitrogens with zero attached hydrogens (tertiary/aromatic N) is 1. The van der Waals surface area contributed by atoms with Gasteiger partial charge in [0.1, 0.15) is 10.8 Å². The Balaban J connectivity index is 1.53. The lowest BCUT2D eigenvalue weighted by Crippen LogP contribution is -2.19. The molecular formula is C29H29N3O3S. The Morgan fingerprint density at radius 3 is 2.61 bits per heavy atom. The van der Waals surface area contributed by atoms with Crippen molar-refractivity contribution in [3.05, 3.63) is 76.2 Å². The summed E-state index contributed by atoms with van der Waals surface area (Å²) in [6.07, 6.45) is 2.80. The maximum atomic E-state index is 13.6. The average Bonchev–Trinajstić information content (AvgIpc) is 3.20. The van der Waals surface area contributed by atoms with Crippen molar-refractivity contribution >= 4 is 39.1 Å². The summed E-state index contributed by atoms with van der Waals surface area (Å²) in [5.41, 5.74) is 9.98. The second-order valence-electron chi connectivity index (χ2n) is 9.64. The van der Waals surface area contributed by atoms with Crippen LogP contribution in [-0.2, 0) is 12.8 Å². The van der Waals surface area contributed by atoms with Gasteiger partial charge in [0.25, 0.3) is 11.8 Å². The van der Waals surface area contributed by atoms with Gasteiger partial charge in [-0.1, -0.05) is 25.1 Å². The number of fused-ring (bicyclic) bond motifs is 2. The molecule has 7 heteroatoms. The third-order valence-electron chi connectivity index (χ3n) is 6.47. The van der Waals surface area contributed by atoms with Crippen LogP contribution in [0.15, 0.2) is 54.6 Å². The number of pyridine rings is 1. The van der Waals surface area contributed by atoms with Crippen LogP contribution >= 0.6 is 11.3 Å². The van der Waals surface area contributed by atoms with Crippen LogP contribution in [0.25, 0.3) is 22.2 Å². The van der Waals surface area contributed by atoms with E-state index in [1.54, 1.807) is 6.07 Å². The lowest BCUT2D eigenvalue weighted by Gasteiger charge is -2.18. The lowest BCUT2D eigenvalue weighted by atomic mass is 9.88. The summed E-state index contributed by atoms with van der Waals surface area (Å²) < 4.78 is 5.75. The molecule has 2 amide bonds. The van der Waals surface area contributed by atoms with Crippen molar-refractivity contribution in [2.45, 2.75) is 46.1 Å². The summed E-state index contributed by atoms with van der Waals surface area (Å²) in [6.45, 7) is 6.17. The highest BCUT2D eigenvalue weighted by Gasteiger charge is 2.28. The number of primary amides is 1. The average molecular weight is 500 g/mol. The van der Waals surface area contributed by atoms with Crippen LogP contribution in [0.1, 0.15) is 58.3 Å². The Kier molecular flexibility index (Phi) is 6.49. The van der Waals surface area contributed by atoms with Crippen molar-refractivity contribution < 1.29 is 14.3 Å². The van der Waals surface area contributed by atoms with Crippen LogP contribution in [-0.4, -0.2) is 22.9 Å². The molecule has 36 heavy (non-hydrogen) atoms. The molecule has 1 atom stereocenters. The van der Waals surface area contributed by atoms with Crippen molar-refractivity contribution in [2.75, 3.05) is 5.32 Å². The fraction of sp³-hybridized carbons (Fsp3) is 0.276. The van der Waals surface area contributed by atoms with Crippen LogP contribution in [0.4, 0.5) is 5.00 Å². The van der Waals surface area contributed by atoms with Gasteiger partial charge in [0, 0.05) is 15.8 Å². The summed E-state index contributed by atoms with van der Waals surface area (Å²) >= 11 is 1.47. The Bertz CT molecular complexity index is 1460. The van der Waals surface area contributed by atoms with Gasteiger partial charge in [0.2, 0.25) is 0 Å². The molecule has 0 spiro atoms. The normalized spacial score (nSPS) is 15.1. The first-order valence-electron chi connectivity index (χ1n) is 12.2. The predicted octanol–water partition coefficient (Wildman–Crippen LogP) is 6.23. The molecule has 0 aliphatic heterocycles. The number of amides is 2. The zero-order valence-corrected chi connectivity index (χ0v) is 21.4. The number of anilines is 1. The molecule has 0 radical (unpaired) electrons. The van der Waals surface area contributed by atoms with Gasteiger partial charge >= 0.3 is 0 Å². The van der Waals surface area contributed by atoms with Crippen molar-refractivity contribution in [2.24, 2.45) is 11.7 Å². The Morgan fingerprint density at radius 2 is 1.89 bits per heavy atom. The van der Waals surface area contributed by atoms with Crippen molar-refractivity contribution in [1.29, 1.82) is 0 Å². The molecule has 0 bridgehead atoms. The van der Waals surface area contributed by atoms with E-state index in [9.17, 15) is 9.59 Å². The number of carbonyl (C=O) groups is 2. The van der Waals surface area contributed by atoms with E-state index in [0.717, 1.165) is 51.9 Å². The van der Waals surface area contributed by atoms with Gasteiger partial charge in [-0.05, 0) is 81.0 Å². The molecule has 0 fully saturated rings. The Morgan fingerprint density at radius 1 is 1.14 bits per heavy atom. The molecule has 0 saturated heterocycles. The number of benzene rings is 2. The molecular weight excluding hydrogens is 470 g/mol. The SMILES string of the molecule is CC(C)Oc1ccc(-c2cc(C(=O)Nc3sc4c(c3C(N)=O)CC[C@H](C)C4)c3ccccc3n2)cc1. The molecule has 1 aliphatic rings. The zero-order chi connectivity index (χ0) is 25.4. The molecule has 6 nitrogen and oxygen atoms in total.